The molecule has 0 spiro atoms. The molecule has 0 saturated carbocycles. The van der Waals surface area contributed by atoms with Gasteiger partial charge in [-0.1, -0.05) is 59.3 Å². The average molecular weight is 302 g/mol. The molecule has 0 aliphatic rings. The standard InChI is InChI=1S/C10H23N.C8H16O2/c1-5-7-9(3)11-10(4)8-6-2;1-2-3-4-5-6-7-8(9)10/h9-11H,5-8H2,1-4H3;2-7H2,1H3,(H,9,10). The second-order valence-corrected chi connectivity index (χ2v) is 6.10. The number of carbonyl (C=O) groups is 1. The minimum atomic E-state index is -0.670. The van der Waals surface area contributed by atoms with E-state index in [-0.39, 0.29) is 0 Å². The number of nitrogens with one attached hydrogen (secondary N) is 1. The van der Waals surface area contributed by atoms with Gasteiger partial charge in [0.15, 0.2) is 0 Å². The van der Waals surface area contributed by atoms with Crippen LogP contribution in [0.25, 0.3) is 0 Å². The summed E-state index contributed by atoms with van der Waals surface area (Å²) in [7, 11) is 0. The van der Waals surface area contributed by atoms with Gasteiger partial charge in [-0.15, -0.1) is 0 Å². The van der Waals surface area contributed by atoms with Crippen molar-refractivity contribution in [1.29, 1.82) is 0 Å². The third kappa shape index (κ3) is 21.9. The van der Waals surface area contributed by atoms with E-state index in [0.29, 0.717) is 18.5 Å². The third-order valence-electron chi connectivity index (χ3n) is 3.51. The molecule has 2 atom stereocenters. The number of unbranched alkanes of at least 4 members (excludes halogenated alkanes) is 4. The minimum Gasteiger partial charge on any atom is -0.481 e. The molecular formula is C18H39NO2. The number of hydrogen-bond donors (Lipinski definition) is 2. The maximum atomic E-state index is 10.0. The molecule has 0 rings (SSSR count). The molecule has 2 unspecified atom stereocenters. The Morgan fingerprint density at radius 2 is 1.33 bits per heavy atom. The summed E-state index contributed by atoms with van der Waals surface area (Å²) in [4.78, 5) is 10.0. The predicted octanol–water partition coefficient (Wildman–Crippen LogP) is 5.38. The van der Waals surface area contributed by atoms with E-state index in [1.54, 1.807) is 0 Å². The Morgan fingerprint density at radius 1 is 0.857 bits per heavy atom. The van der Waals surface area contributed by atoms with Crippen molar-refractivity contribution in [2.45, 2.75) is 111 Å². The third-order valence-corrected chi connectivity index (χ3v) is 3.51. The van der Waals surface area contributed by atoms with Gasteiger partial charge in [0, 0.05) is 18.5 Å². The van der Waals surface area contributed by atoms with E-state index in [9.17, 15) is 4.79 Å². The molecule has 128 valence electrons. The highest BCUT2D eigenvalue weighted by molar-refractivity contribution is 5.66. The van der Waals surface area contributed by atoms with Crippen molar-refractivity contribution in [1.82, 2.24) is 5.32 Å². The van der Waals surface area contributed by atoms with Crippen LogP contribution in [0.4, 0.5) is 0 Å². The Kier molecular flexibility index (Phi) is 18.9. The Balaban J connectivity index is 0. The molecule has 0 aromatic heterocycles. The normalized spacial score (nSPS) is 13.2. The quantitative estimate of drug-likeness (QED) is 0.475. The van der Waals surface area contributed by atoms with Gasteiger partial charge in [0.2, 0.25) is 0 Å². The fraction of sp³-hybridized carbons (Fsp3) is 0.944. The molecule has 0 aromatic carbocycles. The van der Waals surface area contributed by atoms with Crippen LogP contribution in [0.1, 0.15) is 98.8 Å². The molecule has 2 N–H and O–H groups in total. The highest BCUT2D eigenvalue weighted by Crippen LogP contribution is 2.04. The Morgan fingerprint density at radius 3 is 1.71 bits per heavy atom. The van der Waals surface area contributed by atoms with Crippen LogP contribution >= 0.6 is 0 Å². The summed E-state index contributed by atoms with van der Waals surface area (Å²) in [6.45, 7) is 11.2. The first-order chi connectivity index (χ1) is 9.97. The smallest absolute Gasteiger partial charge is 0.303 e. The zero-order valence-electron chi connectivity index (χ0n) is 15.1. The van der Waals surface area contributed by atoms with E-state index in [1.807, 2.05) is 0 Å². The topological polar surface area (TPSA) is 49.3 Å². The molecule has 0 radical (unpaired) electrons. The summed E-state index contributed by atoms with van der Waals surface area (Å²) in [5, 5.41) is 11.9. The predicted molar refractivity (Wildman–Crippen MR) is 92.9 cm³/mol. The first-order valence-electron chi connectivity index (χ1n) is 8.95. The average Bonchev–Trinajstić information content (AvgIpc) is 2.39. The van der Waals surface area contributed by atoms with Gasteiger partial charge in [-0.25, -0.2) is 0 Å². The van der Waals surface area contributed by atoms with E-state index in [4.69, 9.17) is 5.11 Å². The van der Waals surface area contributed by atoms with Crippen LogP contribution < -0.4 is 5.32 Å². The van der Waals surface area contributed by atoms with Gasteiger partial charge in [-0.05, 0) is 33.1 Å². The molecule has 21 heavy (non-hydrogen) atoms. The van der Waals surface area contributed by atoms with Crippen molar-refractivity contribution in [3.63, 3.8) is 0 Å². The van der Waals surface area contributed by atoms with Crippen molar-refractivity contribution < 1.29 is 9.90 Å². The highest BCUT2D eigenvalue weighted by atomic mass is 16.4. The van der Waals surface area contributed by atoms with Crippen molar-refractivity contribution >= 4 is 5.97 Å². The molecule has 0 aromatic rings. The van der Waals surface area contributed by atoms with E-state index in [1.165, 1.54) is 44.9 Å². The van der Waals surface area contributed by atoms with Crippen LogP contribution in [0.2, 0.25) is 0 Å². The lowest BCUT2D eigenvalue weighted by molar-refractivity contribution is -0.137. The summed E-state index contributed by atoms with van der Waals surface area (Å²) in [5.74, 6) is -0.670. The maximum absolute atomic E-state index is 10.0. The molecule has 0 aliphatic carbocycles. The number of hydrogen-bond acceptors (Lipinski definition) is 2. The van der Waals surface area contributed by atoms with Crippen LogP contribution in [0, 0.1) is 0 Å². The molecule has 0 fully saturated rings. The van der Waals surface area contributed by atoms with Crippen molar-refractivity contribution in [2.75, 3.05) is 0 Å². The SMILES string of the molecule is CCCC(C)NC(C)CCC.CCCCCCCC(=O)O. The van der Waals surface area contributed by atoms with E-state index in [0.717, 1.165) is 12.8 Å². The summed E-state index contributed by atoms with van der Waals surface area (Å²) >= 11 is 0. The molecule has 3 heteroatoms. The zero-order chi connectivity index (χ0) is 16.5. The first-order valence-corrected chi connectivity index (χ1v) is 8.95. The zero-order valence-corrected chi connectivity index (χ0v) is 15.1. The Labute approximate surface area is 132 Å². The van der Waals surface area contributed by atoms with Gasteiger partial charge in [-0.3, -0.25) is 4.79 Å². The number of carboxylic acids is 1. The molecule has 0 amide bonds. The van der Waals surface area contributed by atoms with Gasteiger partial charge in [-0.2, -0.15) is 0 Å². The summed E-state index contributed by atoms with van der Waals surface area (Å²) in [5.41, 5.74) is 0. The molecule has 0 saturated heterocycles. The maximum Gasteiger partial charge on any atom is 0.303 e. The second-order valence-electron chi connectivity index (χ2n) is 6.10. The van der Waals surface area contributed by atoms with E-state index < -0.39 is 5.97 Å². The van der Waals surface area contributed by atoms with Crippen LogP contribution in [0.15, 0.2) is 0 Å². The lowest BCUT2D eigenvalue weighted by atomic mass is 10.1. The highest BCUT2D eigenvalue weighted by Gasteiger charge is 2.04. The van der Waals surface area contributed by atoms with Gasteiger partial charge >= 0.3 is 5.97 Å². The Hall–Kier alpha value is -0.570. The van der Waals surface area contributed by atoms with Gasteiger partial charge in [0.05, 0.1) is 0 Å². The number of carboxylic acid groups (broad SMARTS) is 1. The summed E-state index contributed by atoms with van der Waals surface area (Å²) in [6, 6.07) is 1.39. The van der Waals surface area contributed by atoms with Crippen LogP contribution in [0.5, 0.6) is 0 Å². The van der Waals surface area contributed by atoms with Crippen molar-refractivity contribution in [3.05, 3.63) is 0 Å². The molecular weight excluding hydrogens is 262 g/mol. The van der Waals surface area contributed by atoms with Crippen molar-refractivity contribution in [2.24, 2.45) is 0 Å². The lowest BCUT2D eigenvalue weighted by Crippen LogP contribution is -2.34. The second kappa shape index (κ2) is 17.5. The van der Waals surface area contributed by atoms with Gasteiger partial charge < -0.3 is 10.4 Å². The van der Waals surface area contributed by atoms with E-state index >= 15 is 0 Å². The molecule has 3 nitrogen and oxygen atoms in total. The fourth-order valence-electron chi connectivity index (χ4n) is 2.40. The minimum absolute atomic E-state index is 0.337. The molecule has 0 bridgehead atoms. The van der Waals surface area contributed by atoms with Gasteiger partial charge in [0.1, 0.15) is 0 Å². The number of rotatable bonds is 12. The van der Waals surface area contributed by atoms with E-state index in [2.05, 4.69) is 39.9 Å². The molecule has 0 aliphatic heterocycles. The van der Waals surface area contributed by atoms with Crippen LogP contribution in [-0.2, 0) is 4.79 Å². The lowest BCUT2D eigenvalue weighted by Gasteiger charge is -2.18. The summed E-state index contributed by atoms with van der Waals surface area (Å²) in [6.07, 6.45) is 11.1. The largest absolute Gasteiger partial charge is 0.481 e. The monoisotopic (exact) mass is 301 g/mol. The fourth-order valence-corrected chi connectivity index (χ4v) is 2.40. The van der Waals surface area contributed by atoms with Crippen LogP contribution in [-0.4, -0.2) is 23.2 Å². The summed E-state index contributed by atoms with van der Waals surface area (Å²) < 4.78 is 0. The number of aliphatic carboxylic acids is 1. The first kappa shape index (κ1) is 22.7. The molecule has 0 heterocycles. The van der Waals surface area contributed by atoms with Gasteiger partial charge in [0.25, 0.3) is 0 Å². The Bertz CT molecular complexity index is 209. The van der Waals surface area contributed by atoms with Crippen LogP contribution in [0.3, 0.4) is 0 Å². The van der Waals surface area contributed by atoms with Crippen molar-refractivity contribution in [3.8, 4) is 0 Å².